The van der Waals surface area contributed by atoms with Gasteiger partial charge in [-0.05, 0) is 6.42 Å². The van der Waals surface area contributed by atoms with E-state index in [1.54, 1.807) is 0 Å². The van der Waals surface area contributed by atoms with Crippen molar-refractivity contribution in [1.82, 2.24) is 0 Å². The van der Waals surface area contributed by atoms with Gasteiger partial charge in [-0.25, -0.2) is 9.36 Å². The summed E-state index contributed by atoms with van der Waals surface area (Å²) in [5.41, 5.74) is 0.398. The summed E-state index contributed by atoms with van der Waals surface area (Å²) in [6, 6.07) is 0. The minimum absolute atomic E-state index is 0.108. The molecule has 0 saturated carbocycles. The maximum absolute atomic E-state index is 12.3. The Hall–Kier alpha value is -0.840. The lowest BCUT2D eigenvalue weighted by Crippen LogP contribution is -2.09. The van der Waals surface area contributed by atoms with Crippen LogP contribution < -0.4 is 0 Å². The summed E-state index contributed by atoms with van der Waals surface area (Å²) in [6.07, 6.45) is 10.3. The highest BCUT2D eigenvalue weighted by Crippen LogP contribution is 2.53. The average Bonchev–Trinajstić information content (AvgIpc) is 2.76. The largest absolute Gasteiger partial charge is 0.529 e. The van der Waals surface area contributed by atoms with Crippen molar-refractivity contribution in [3.63, 3.8) is 0 Å². The lowest BCUT2D eigenvalue weighted by Gasteiger charge is -2.16. The van der Waals surface area contributed by atoms with Gasteiger partial charge >= 0.3 is 13.8 Å². The fraction of sp³-hybridized carbons (Fsp3) is 0.824. The quantitative estimate of drug-likeness (QED) is 0.288. The van der Waals surface area contributed by atoms with E-state index in [9.17, 15) is 9.36 Å². The molecule has 1 rings (SSSR count). The molecule has 1 atom stereocenters. The molecule has 140 valence electrons. The summed E-state index contributed by atoms with van der Waals surface area (Å²) in [5.74, 6) is -0.0757. The van der Waals surface area contributed by atoms with E-state index in [2.05, 4.69) is 6.92 Å². The summed E-state index contributed by atoms with van der Waals surface area (Å²) >= 11 is 0. The number of carbonyl (C=O) groups is 1. The molecule has 0 radical (unpaired) electrons. The SMILES string of the molecule is CCCCCCCCCCC1=C(C(=O)OC)CCOP(=O)(OC)O1. The molecule has 0 saturated heterocycles. The van der Waals surface area contributed by atoms with Crippen LogP contribution in [-0.4, -0.2) is 26.8 Å². The molecule has 0 bridgehead atoms. The smallest absolute Gasteiger partial charge is 0.466 e. The molecule has 0 amide bonds. The molecule has 6 nitrogen and oxygen atoms in total. The third-order valence-electron chi connectivity index (χ3n) is 4.07. The number of phosphoric ester groups is 1. The van der Waals surface area contributed by atoms with Crippen LogP contribution in [0.3, 0.4) is 0 Å². The van der Waals surface area contributed by atoms with Crippen LogP contribution >= 0.6 is 7.82 Å². The van der Waals surface area contributed by atoms with Gasteiger partial charge in [-0.2, -0.15) is 0 Å². The molecule has 24 heavy (non-hydrogen) atoms. The topological polar surface area (TPSA) is 71.1 Å². The van der Waals surface area contributed by atoms with Crippen LogP contribution in [0.15, 0.2) is 11.3 Å². The first-order chi connectivity index (χ1) is 11.6. The first-order valence-electron chi connectivity index (χ1n) is 8.86. The first kappa shape index (κ1) is 21.2. The molecule has 0 aliphatic carbocycles. The van der Waals surface area contributed by atoms with Crippen molar-refractivity contribution in [3.8, 4) is 0 Å². The van der Waals surface area contributed by atoms with Gasteiger partial charge in [-0.1, -0.05) is 51.9 Å². The Labute approximate surface area is 145 Å². The molecule has 0 aromatic heterocycles. The number of methoxy groups -OCH3 is 1. The number of hydrogen-bond donors (Lipinski definition) is 0. The van der Waals surface area contributed by atoms with Crippen LogP contribution in [0.4, 0.5) is 0 Å². The minimum atomic E-state index is -3.62. The molecule has 0 aromatic carbocycles. The summed E-state index contributed by atoms with van der Waals surface area (Å²) in [4.78, 5) is 11.9. The zero-order valence-electron chi connectivity index (χ0n) is 15.2. The Balaban J connectivity index is 2.53. The predicted octanol–water partition coefficient (Wildman–Crippen LogP) is 5.14. The number of hydrogen-bond acceptors (Lipinski definition) is 6. The lowest BCUT2D eigenvalue weighted by molar-refractivity contribution is -0.136. The van der Waals surface area contributed by atoms with Gasteiger partial charge in [0, 0.05) is 20.0 Å². The van der Waals surface area contributed by atoms with E-state index >= 15 is 0 Å². The maximum atomic E-state index is 12.3. The van der Waals surface area contributed by atoms with Crippen LogP contribution in [0.5, 0.6) is 0 Å². The van der Waals surface area contributed by atoms with Crippen LogP contribution in [0.25, 0.3) is 0 Å². The summed E-state index contributed by atoms with van der Waals surface area (Å²) in [7, 11) is -1.02. The molecular formula is C17H31O6P. The molecule has 1 unspecified atom stereocenters. The number of ether oxygens (including phenoxy) is 1. The average molecular weight is 362 g/mol. The minimum Gasteiger partial charge on any atom is -0.466 e. The normalized spacial score (nSPS) is 21.3. The van der Waals surface area contributed by atoms with Crippen LogP contribution in [0.2, 0.25) is 0 Å². The van der Waals surface area contributed by atoms with Crippen LogP contribution in [-0.2, 0) is 27.7 Å². The number of allylic oxidation sites excluding steroid dienone is 1. The van der Waals surface area contributed by atoms with Crippen molar-refractivity contribution in [2.24, 2.45) is 0 Å². The van der Waals surface area contributed by atoms with E-state index in [0.29, 0.717) is 24.2 Å². The second-order valence-electron chi connectivity index (χ2n) is 5.92. The monoisotopic (exact) mass is 362 g/mol. The number of phosphoric acid groups is 1. The van der Waals surface area contributed by atoms with Gasteiger partial charge in [-0.15, -0.1) is 0 Å². The van der Waals surface area contributed by atoms with Crippen molar-refractivity contribution in [2.75, 3.05) is 20.8 Å². The standard InChI is InChI=1S/C17H31O6P/c1-4-5-6-7-8-9-10-11-12-16-15(17(18)20-2)13-14-22-24(19,21-3)23-16/h4-14H2,1-3H3. The molecule has 1 heterocycles. The Morgan fingerprint density at radius 2 is 1.71 bits per heavy atom. The van der Waals surface area contributed by atoms with Gasteiger partial charge in [0.15, 0.2) is 0 Å². The van der Waals surface area contributed by atoms with E-state index < -0.39 is 13.8 Å². The molecule has 0 N–H and O–H groups in total. The summed E-state index contributed by atoms with van der Waals surface area (Å²) in [6.45, 7) is 2.32. The Morgan fingerprint density at radius 3 is 2.29 bits per heavy atom. The number of esters is 1. The van der Waals surface area contributed by atoms with E-state index in [-0.39, 0.29) is 6.61 Å². The van der Waals surface area contributed by atoms with Crippen molar-refractivity contribution in [1.29, 1.82) is 0 Å². The second kappa shape index (κ2) is 11.7. The fourth-order valence-corrected chi connectivity index (χ4v) is 3.68. The summed E-state index contributed by atoms with van der Waals surface area (Å²) < 4.78 is 32.5. The Morgan fingerprint density at radius 1 is 1.08 bits per heavy atom. The van der Waals surface area contributed by atoms with Crippen molar-refractivity contribution in [2.45, 2.75) is 71.1 Å². The van der Waals surface area contributed by atoms with Crippen LogP contribution in [0.1, 0.15) is 71.1 Å². The first-order valence-corrected chi connectivity index (χ1v) is 10.3. The molecule has 0 spiro atoms. The van der Waals surface area contributed by atoms with E-state index in [4.69, 9.17) is 18.3 Å². The van der Waals surface area contributed by atoms with Crippen molar-refractivity contribution in [3.05, 3.63) is 11.3 Å². The lowest BCUT2D eigenvalue weighted by atomic mass is 10.0. The highest BCUT2D eigenvalue weighted by Gasteiger charge is 2.33. The molecule has 1 aliphatic rings. The molecule has 0 fully saturated rings. The highest BCUT2D eigenvalue weighted by molar-refractivity contribution is 7.48. The third-order valence-corrected chi connectivity index (χ3v) is 5.46. The van der Waals surface area contributed by atoms with Crippen molar-refractivity contribution < 1.29 is 27.7 Å². The van der Waals surface area contributed by atoms with Crippen LogP contribution in [0, 0.1) is 0 Å². The Bertz CT molecular complexity index is 460. The van der Waals surface area contributed by atoms with Gasteiger partial charge in [0.2, 0.25) is 0 Å². The number of carbonyl (C=O) groups excluding carboxylic acids is 1. The fourth-order valence-electron chi connectivity index (χ4n) is 2.66. The zero-order valence-corrected chi connectivity index (χ0v) is 16.1. The molecular weight excluding hydrogens is 331 g/mol. The third kappa shape index (κ3) is 7.37. The maximum Gasteiger partial charge on any atom is 0.529 e. The van der Waals surface area contributed by atoms with E-state index in [1.165, 1.54) is 46.3 Å². The molecule has 1 aliphatic heterocycles. The zero-order chi connectivity index (χ0) is 17.8. The van der Waals surface area contributed by atoms with E-state index in [0.717, 1.165) is 19.3 Å². The Kier molecular flexibility index (Phi) is 10.3. The molecule has 7 heteroatoms. The van der Waals surface area contributed by atoms with E-state index in [1.807, 2.05) is 0 Å². The second-order valence-corrected chi connectivity index (χ2v) is 7.62. The van der Waals surface area contributed by atoms with Gasteiger partial charge in [0.1, 0.15) is 5.76 Å². The van der Waals surface area contributed by atoms with Gasteiger partial charge in [-0.3, -0.25) is 9.05 Å². The number of rotatable bonds is 11. The van der Waals surface area contributed by atoms with Gasteiger partial charge in [0.25, 0.3) is 0 Å². The highest BCUT2D eigenvalue weighted by atomic mass is 31.2. The van der Waals surface area contributed by atoms with Gasteiger partial charge < -0.3 is 9.26 Å². The number of unbranched alkanes of at least 4 members (excludes halogenated alkanes) is 7. The summed E-state index contributed by atoms with van der Waals surface area (Å²) in [5, 5.41) is 0. The van der Waals surface area contributed by atoms with Crippen molar-refractivity contribution >= 4 is 13.8 Å². The molecule has 0 aromatic rings. The predicted molar refractivity (Wildman–Crippen MR) is 92.5 cm³/mol. The van der Waals surface area contributed by atoms with Gasteiger partial charge in [0.05, 0.1) is 19.3 Å².